The molecule has 3 aromatic rings. The Hall–Kier alpha value is -3.22. The number of hydrogen-bond donors (Lipinski definition) is 2. The molecular formula is C17H12N4O3S2. The number of aromatic nitrogens is 1. The first-order valence-electron chi connectivity index (χ1n) is 7.36. The van der Waals surface area contributed by atoms with Gasteiger partial charge < -0.3 is 4.74 Å². The molecule has 0 bridgehead atoms. The molecule has 3 rings (SSSR count). The highest BCUT2D eigenvalue weighted by Gasteiger charge is 2.13. The molecule has 9 heteroatoms. The molecule has 2 amide bonds. The van der Waals surface area contributed by atoms with Crippen LogP contribution >= 0.6 is 22.7 Å². The Balaban J connectivity index is 1.50. The third-order valence-electron chi connectivity index (χ3n) is 3.19. The summed E-state index contributed by atoms with van der Waals surface area (Å²) >= 11 is 2.90. The first-order valence-corrected chi connectivity index (χ1v) is 9.19. The largest absolute Gasteiger partial charge is 0.482 e. The van der Waals surface area contributed by atoms with Crippen molar-refractivity contribution in [2.45, 2.75) is 0 Å². The summed E-state index contributed by atoms with van der Waals surface area (Å²) in [5.41, 5.74) is 6.03. The number of rotatable bonds is 5. The van der Waals surface area contributed by atoms with E-state index in [9.17, 15) is 9.59 Å². The fourth-order valence-electron chi connectivity index (χ4n) is 1.95. The van der Waals surface area contributed by atoms with Crippen LogP contribution in [0, 0.1) is 11.3 Å². The van der Waals surface area contributed by atoms with Gasteiger partial charge in [-0.25, -0.2) is 4.98 Å². The number of carbonyl (C=O) groups is 2. The summed E-state index contributed by atoms with van der Waals surface area (Å²) in [6, 6.07) is 10.5. The van der Waals surface area contributed by atoms with E-state index in [1.807, 2.05) is 22.9 Å². The predicted octanol–water partition coefficient (Wildman–Crippen LogP) is 2.58. The minimum atomic E-state index is -0.556. The van der Waals surface area contributed by atoms with Gasteiger partial charge in [0, 0.05) is 16.3 Å². The van der Waals surface area contributed by atoms with Crippen molar-refractivity contribution in [2.75, 3.05) is 6.61 Å². The molecule has 26 heavy (non-hydrogen) atoms. The van der Waals surface area contributed by atoms with E-state index in [0.717, 1.165) is 10.6 Å². The zero-order valence-electron chi connectivity index (χ0n) is 13.3. The van der Waals surface area contributed by atoms with Crippen LogP contribution in [0.1, 0.15) is 16.1 Å². The zero-order chi connectivity index (χ0) is 18.4. The van der Waals surface area contributed by atoms with Crippen molar-refractivity contribution in [1.29, 1.82) is 5.26 Å². The SMILES string of the molecule is N#Cc1ccccc1OCC(=O)NNC(=O)c1csc(-c2ccsc2)n1. The Morgan fingerprint density at radius 3 is 2.81 bits per heavy atom. The predicted molar refractivity (Wildman–Crippen MR) is 97.7 cm³/mol. The third-order valence-corrected chi connectivity index (χ3v) is 4.76. The van der Waals surface area contributed by atoms with E-state index in [1.54, 1.807) is 41.0 Å². The molecular weight excluding hydrogens is 372 g/mol. The normalized spacial score (nSPS) is 9.96. The van der Waals surface area contributed by atoms with Gasteiger partial charge in [0.2, 0.25) is 0 Å². The van der Waals surface area contributed by atoms with E-state index in [0.29, 0.717) is 11.3 Å². The van der Waals surface area contributed by atoms with Gasteiger partial charge in [0.05, 0.1) is 5.56 Å². The molecule has 2 N–H and O–H groups in total. The van der Waals surface area contributed by atoms with Gasteiger partial charge in [0.15, 0.2) is 6.61 Å². The van der Waals surface area contributed by atoms with Crippen LogP contribution in [-0.4, -0.2) is 23.4 Å². The quantitative estimate of drug-likeness (QED) is 0.658. The minimum Gasteiger partial charge on any atom is -0.482 e. The molecule has 0 saturated carbocycles. The molecule has 0 aliphatic heterocycles. The van der Waals surface area contributed by atoms with Crippen molar-refractivity contribution in [3.63, 3.8) is 0 Å². The molecule has 7 nitrogen and oxygen atoms in total. The summed E-state index contributed by atoms with van der Waals surface area (Å²) in [5, 5.41) is 15.2. The molecule has 2 aromatic heterocycles. The van der Waals surface area contributed by atoms with Crippen molar-refractivity contribution in [2.24, 2.45) is 0 Å². The summed E-state index contributed by atoms with van der Waals surface area (Å²) in [6.45, 7) is -0.337. The monoisotopic (exact) mass is 384 g/mol. The Morgan fingerprint density at radius 1 is 1.19 bits per heavy atom. The van der Waals surface area contributed by atoms with Crippen molar-refractivity contribution >= 4 is 34.5 Å². The summed E-state index contributed by atoms with van der Waals surface area (Å²) in [6.07, 6.45) is 0. The van der Waals surface area contributed by atoms with Crippen molar-refractivity contribution in [1.82, 2.24) is 15.8 Å². The van der Waals surface area contributed by atoms with Crippen LogP contribution in [0.5, 0.6) is 5.75 Å². The van der Waals surface area contributed by atoms with Gasteiger partial charge in [0.25, 0.3) is 11.8 Å². The molecule has 0 fully saturated rings. The molecule has 0 atom stereocenters. The number of nitrogens with one attached hydrogen (secondary N) is 2. The number of hydrogen-bond acceptors (Lipinski definition) is 7. The van der Waals surface area contributed by atoms with Crippen LogP contribution in [0.15, 0.2) is 46.5 Å². The molecule has 0 unspecified atom stereocenters. The van der Waals surface area contributed by atoms with Gasteiger partial charge in [-0.2, -0.15) is 16.6 Å². The lowest BCUT2D eigenvalue weighted by atomic mass is 10.2. The Morgan fingerprint density at radius 2 is 2.04 bits per heavy atom. The number of carbonyl (C=O) groups excluding carboxylic acids is 2. The van der Waals surface area contributed by atoms with Gasteiger partial charge in [-0.15, -0.1) is 11.3 Å². The molecule has 0 aliphatic rings. The second-order valence-electron chi connectivity index (χ2n) is 4.95. The van der Waals surface area contributed by atoms with Gasteiger partial charge in [-0.1, -0.05) is 12.1 Å². The highest BCUT2D eigenvalue weighted by atomic mass is 32.1. The Labute approximate surface area is 156 Å². The van der Waals surface area contributed by atoms with Crippen LogP contribution in [0.3, 0.4) is 0 Å². The van der Waals surface area contributed by atoms with Crippen molar-refractivity contribution in [3.05, 3.63) is 57.7 Å². The minimum absolute atomic E-state index is 0.215. The summed E-state index contributed by atoms with van der Waals surface area (Å²) < 4.78 is 5.28. The second kappa shape index (κ2) is 8.24. The Kier molecular flexibility index (Phi) is 5.58. The fourth-order valence-corrected chi connectivity index (χ4v) is 3.46. The number of para-hydroxylation sites is 1. The van der Waals surface area contributed by atoms with E-state index < -0.39 is 11.8 Å². The molecule has 2 heterocycles. The number of nitrogens with zero attached hydrogens (tertiary/aromatic N) is 2. The third kappa shape index (κ3) is 4.24. The highest BCUT2D eigenvalue weighted by Crippen LogP contribution is 2.25. The molecule has 130 valence electrons. The first-order chi connectivity index (χ1) is 12.7. The number of hydrazine groups is 1. The molecule has 1 aromatic carbocycles. The number of amides is 2. The van der Waals surface area contributed by atoms with E-state index in [1.165, 1.54) is 11.3 Å². The highest BCUT2D eigenvalue weighted by molar-refractivity contribution is 7.14. The molecule has 0 spiro atoms. The summed E-state index contributed by atoms with van der Waals surface area (Å²) in [7, 11) is 0. The van der Waals surface area contributed by atoms with Gasteiger partial charge >= 0.3 is 0 Å². The standard InChI is InChI=1S/C17H12N4O3S2/c18-7-11-3-1-2-4-14(11)24-8-15(22)20-21-16(23)13-10-26-17(19-13)12-5-6-25-9-12/h1-6,9-10H,8H2,(H,20,22)(H,21,23). The topological polar surface area (TPSA) is 104 Å². The van der Waals surface area contributed by atoms with Crippen LogP contribution in [0.4, 0.5) is 0 Å². The maximum absolute atomic E-state index is 12.0. The average Bonchev–Trinajstić information content (AvgIpc) is 3.36. The number of nitriles is 1. The van der Waals surface area contributed by atoms with Gasteiger partial charge in [-0.05, 0) is 23.6 Å². The summed E-state index contributed by atoms with van der Waals surface area (Å²) in [5.74, 6) is -0.774. The first kappa shape index (κ1) is 17.6. The van der Waals surface area contributed by atoms with Crippen molar-refractivity contribution in [3.8, 4) is 22.4 Å². The lowest BCUT2D eigenvalue weighted by molar-refractivity contribution is -0.123. The molecule has 0 radical (unpaired) electrons. The van der Waals surface area contributed by atoms with Gasteiger partial charge in [-0.3, -0.25) is 20.4 Å². The molecule has 0 aliphatic carbocycles. The number of ether oxygens (including phenoxy) is 1. The van der Waals surface area contributed by atoms with E-state index in [2.05, 4.69) is 15.8 Å². The number of benzene rings is 1. The lowest BCUT2D eigenvalue weighted by Crippen LogP contribution is -2.44. The van der Waals surface area contributed by atoms with E-state index >= 15 is 0 Å². The lowest BCUT2D eigenvalue weighted by Gasteiger charge is -2.08. The average molecular weight is 384 g/mol. The maximum atomic E-state index is 12.0. The van der Waals surface area contributed by atoms with Gasteiger partial charge in [0.1, 0.15) is 22.5 Å². The van der Waals surface area contributed by atoms with E-state index in [-0.39, 0.29) is 12.3 Å². The second-order valence-corrected chi connectivity index (χ2v) is 6.59. The number of thiophene rings is 1. The maximum Gasteiger partial charge on any atom is 0.289 e. The molecule has 0 saturated heterocycles. The van der Waals surface area contributed by atoms with Crippen molar-refractivity contribution < 1.29 is 14.3 Å². The van der Waals surface area contributed by atoms with Crippen LogP contribution < -0.4 is 15.6 Å². The fraction of sp³-hybridized carbons (Fsp3) is 0.0588. The van der Waals surface area contributed by atoms with E-state index in [4.69, 9.17) is 10.00 Å². The number of thiazole rings is 1. The Bertz CT molecular complexity index is 961. The van der Waals surface area contributed by atoms with Crippen LogP contribution in [0.2, 0.25) is 0 Å². The zero-order valence-corrected chi connectivity index (χ0v) is 14.9. The summed E-state index contributed by atoms with van der Waals surface area (Å²) in [4.78, 5) is 28.1. The van der Waals surface area contributed by atoms with Crippen LogP contribution in [-0.2, 0) is 4.79 Å². The smallest absolute Gasteiger partial charge is 0.289 e. The van der Waals surface area contributed by atoms with Crippen LogP contribution in [0.25, 0.3) is 10.6 Å².